The second kappa shape index (κ2) is 46.9. The van der Waals surface area contributed by atoms with Crippen molar-refractivity contribution in [2.45, 2.75) is 251 Å². The Kier molecular flexibility index (Phi) is 46.6. The minimum absolute atomic E-state index is 0.106. The van der Waals surface area contributed by atoms with E-state index in [1.54, 1.807) is 0 Å². The summed E-state index contributed by atoms with van der Waals surface area (Å²) in [7, 11) is -0.471. The largest absolute Gasteiger partial charge is 0.394 e. The molecule has 0 aliphatic rings. The average molecular weight is 797 g/mol. The quantitative estimate of drug-likeness (QED) is 0.0377. The molecule has 0 aromatic carbocycles. The van der Waals surface area contributed by atoms with Gasteiger partial charge in [-0.05, 0) is 64.2 Å². The summed E-state index contributed by atoms with van der Waals surface area (Å²) >= 11 is 0. The van der Waals surface area contributed by atoms with Gasteiger partial charge in [-0.2, -0.15) is 0 Å². The van der Waals surface area contributed by atoms with E-state index in [9.17, 15) is 14.7 Å². The van der Waals surface area contributed by atoms with Crippen molar-refractivity contribution in [3.8, 4) is 0 Å². The van der Waals surface area contributed by atoms with E-state index < -0.39 is 6.10 Å². The Morgan fingerprint density at radius 3 is 1.07 bits per heavy atom. The lowest BCUT2D eigenvalue weighted by Crippen LogP contribution is -2.20. The molecular formula is C47H90O5P2. The van der Waals surface area contributed by atoms with Crippen molar-refractivity contribution >= 4 is 28.7 Å². The Balaban J connectivity index is 3.48. The van der Waals surface area contributed by atoms with Gasteiger partial charge < -0.3 is 14.2 Å². The smallest absolute Gasteiger partial charge is 0.178 e. The molecular weight excluding hydrogens is 706 g/mol. The van der Waals surface area contributed by atoms with Crippen LogP contribution in [0.3, 0.4) is 0 Å². The van der Waals surface area contributed by atoms with Gasteiger partial charge in [0.25, 0.3) is 0 Å². The molecule has 7 heteroatoms. The molecule has 0 aromatic rings. The predicted molar refractivity (Wildman–Crippen MR) is 240 cm³/mol. The summed E-state index contributed by atoms with van der Waals surface area (Å²) in [6.45, 7) is 4.51. The molecule has 3 atom stereocenters. The fourth-order valence-electron chi connectivity index (χ4n) is 6.72. The van der Waals surface area contributed by atoms with E-state index in [-0.39, 0.29) is 41.9 Å². The van der Waals surface area contributed by atoms with Gasteiger partial charge in [-0.1, -0.05) is 192 Å². The molecule has 0 aromatic heterocycles. The molecule has 0 radical (unpaired) electrons. The molecule has 0 amide bonds. The lowest BCUT2D eigenvalue weighted by atomic mass is 10.1. The lowest BCUT2D eigenvalue weighted by Gasteiger charge is -2.14. The maximum atomic E-state index is 12.3. The van der Waals surface area contributed by atoms with Crippen LogP contribution in [0.15, 0.2) is 24.3 Å². The number of aliphatic hydroxyl groups excluding tert-OH is 1. The maximum Gasteiger partial charge on any atom is 0.178 e. The van der Waals surface area contributed by atoms with Gasteiger partial charge in [-0.25, -0.2) is 0 Å². The molecule has 0 spiro atoms. The van der Waals surface area contributed by atoms with Gasteiger partial charge in [0.05, 0.1) is 30.8 Å². The van der Waals surface area contributed by atoms with Crippen molar-refractivity contribution in [1.29, 1.82) is 0 Å². The third-order valence-corrected chi connectivity index (χ3v) is 12.0. The zero-order chi connectivity index (χ0) is 39.3. The Morgan fingerprint density at radius 2 is 0.741 bits per heavy atom. The molecule has 0 heterocycles. The van der Waals surface area contributed by atoms with Gasteiger partial charge in [0.1, 0.15) is 6.10 Å². The third-order valence-electron chi connectivity index (χ3n) is 10.3. The highest BCUT2D eigenvalue weighted by Crippen LogP contribution is 2.24. The van der Waals surface area contributed by atoms with Gasteiger partial charge in [-0.3, -0.25) is 9.59 Å². The molecule has 54 heavy (non-hydrogen) atoms. The number of hydrogen-bond acceptors (Lipinski definition) is 5. The number of unbranched alkanes of at least 4 members (excludes halogenated alkanes) is 30. The fraction of sp³-hybridized carbons (Fsp3) is 0.872. The van der Waals surface area contributed by atoms with Crippen LogP contribution in [0, 0.1) is 0 Å². The maximum absolute atomic E-state index is 12.3. The topological polar surface area (TPSA) is 72.8 Å². The molecule has 3 unspecified atom stereocenters. The molecule has 0 saturated heterocycles. The minimum atomic E-state index is -0.542. The van der Waals surface area contributed by atoms with Crippen LogP contribution in [-0.2, 0) is 18.6 Å². The van der Waals surface area contributed by atoms with Crippen molar-refractivity contribution in [3.05, 3.63) is 24.3 Å². The Morgan fingerprint density at radius 1 is 0.444 bits per heavy atom. The van der Waals surface area contributed by atoms with Crippen molar-refractivity contribution in [2.75, 3.05) is 13.2 Å². The number of aliphatic hydroxyl groups is 1. The van der Waals surface area contributed by atoms with Gasteiger partial charge in [0, 0.05) is 12.8 Å². The van der Waals surface area contributed by atoms with Crippen molar-refractivity contribution in [1.82, 2.24) is 0 Å². The number of rotatable bonds is 46. The van der Waals surface area contributed by atoms with Crippen molar-refractivity contribution in [2.24, 2.45) is 0 Å². The fourth-order valence-corrected chi connectivity index (χ4v) is 8.15. The lowest BCUT2D eigenvalue weighted by molar-refractivity contribution is -0.113. The second-order valence-corrected chi connectivity index (χ2v) is 17.8. The Hall–Kier alpha value is -0.440. The molecule has 0 fully saturated rings. The highest BCUT2D eigenvalue weighted by molar-refractivity contribution is 7.53. The van der Waals surface area contributed by atoms with E-state index in [1.807, 2.05) is 0 Å². The first-order valence-electron chi connectivity index (χ1n) is 23.4. The van der Waals surface area contributed by atoms with Crippen LogP contribution >= 0.6 is 17.6 Å². The van der Waals surface area contributed by atoms with E-state index in [2.05, 4.69) is 38.2 Å². The number of carbonyl (C=O) groups is 2. The van der Waals surface area contributed by atoms with Gasteiger partial charge >= 0.3 is 0 Å². The van der Waals surface area contributed by atoms with E-state index in [1.165, 1.54) is 193 Å². The zero-order valence-electron chi connectivity index (χ0n) is 35.8. The van der Waals surface area contributed by atoms with E-state index in [0.717, 1.165) is 25.7 Å². The standard InChI is InChI=1S/C47H90O5P2/c1-3-5-7-9-11-13-15-17-19-21-23-25-27-29-31-33-35-37-39-41-46(49)53-51-44-45(43-48)52-54-47(50)42-40-38-36-34-32-30-28-26-24-22-20-18-16-14-12-10-8-6-4-2/h17-20,45,48,53-54H,3-16,21-44H2,1-2H3/b19-17-,20-18-. The average Bonchev–Trinajstić information content (AvgIpc) is 3.17. The summed E-state index contributed by atoms with van der Waals surface area (Å²) in [6, 6.07) is 0. The highest BCUT2D eigenvalue weighted by atomic mass is 31.1. The van der Waals surface area contributed by atoms with Crippen LogP contribution in [-0.4, -0.2) is 35.5 Å². The summed E-state index contributed by atoms with van der Waals surface area (Å²) in [4.78, 5) is 24.5. The summed E-state index contributed by atoms with van der Waals surface area (Å²) in [6.07, 6.45) is 53.9. The highest BCUT2D eigenvalue weighted by Gasteiger charge is 2.13. The first-order chi connectivity index (χ1) is 26.6. The van der Waals surface area contributed by atoms with Crippen LogP contribution < -0.4 is 0 Å². The summed E-state index contributed by atoms with van der Waals surface area (Å²) in [5, 5.41) is 9.63. The third kappa shape index (κ3) is 44.3. The number of hydrogen-bond donors (Lipinski definition) is 1. The van der Waals surface area contributed by atoms with Gasteiger partial charge in [0.2, 0.25) is 0 Å². The first kappa shape index (κ1) is 53.6. The Bertz CT molecular complexity index is 833. The normalized spacial score (nSPS) is 12.9. The Labute approximate surface area is 339 Å². The molecule has 318 valence electrons. The van der Waals surface area contributed by atoms with E-state index in [4.69, 9.17) is 9.05 Å². The van der Waals surface area contributed by atoms with Crippen LogP contribution in [0.4, 0.5) is 0 Å². The first-order valence-corrected chi connectivity index (χ1v) is 25.2. The van der Waals surface area contributed by atoms with Gasteiger partial charge in [-0.15, -0.1) is 0 Å². The minimum Gasteiger partial charge on any atom is -0.394 e. The van der Waals surface area contributed by atoms with Crippen molar-refractivity contribution in [3.63, 3.8) is 0 Å². The summed E-state index contributed by atoms with van der Waals surface area (Å²) in [5.41, 5.74) is 0.239. The van der Waals surface area contributed by atoms with Crippen LogP contribution in [0.5, 0.6) is 0 Å². The molecule has 5 nitrogen and oxygen atoms in total. The van der Waals surface area contributed by atoms with Crippen LogP contribution in [0.1, 0.15) is 245 Å². The van der Waals surface area contributed by atoms with Crippen LogP contribution in [0.2, 0.25) is 0 Å². The number of carbonyl (C=O) groups excluding carboxylic acids is 2. The van der Waals surface area contributed by atoms with Crippen molar-refractivity contribution < 1.29 is 23.7 Å². The van der Waals surface area contributed by atoms with E-state index >= 15 is 0 Å². The summed E-state index contributed by atoms with van der Waals surface area (Å²) in [5.74, 6) is 0. The molecule has 0 bridgehead atoms. The second-order valence-electron chi connectivity index (χ2n) is 15.8. The van der Waals surface area contributed by atoms with E-state index in [0.29, 0.717) is 12.8 Å². The molecule has 0 rings (SSSR count). The molecule has 1 N–H and O–H groups in total. The SMILES string of the molecule is CCCCCCCC/C=C\CCCCCCCCCCCC(=O)POCC(CO)OPC(=O)CCCCCCCCCCC/C=C\CCCCCCCC. The zero-order valence-corrected chi connectivity index (χ0v) is 37.8. The monoisotopic (exact) mass is 797 g/mol. The number of allylic oxidation sites excluding steroid dienone is 4. The van der Waals surface area contributed by atoms with Gasteiger partial charge in [0.15, 0.2) is 11.0 Å². The molecule has 0 aliphatic heterocycles. The predicted octanol–water partition coefficient (Wildman–Crippen LogP) is 15.8. The summed E-state index contributed by atoms with van der Waals surface area (Å²) < 4.78 is 11.2. The molecule has 0 saturated carbocycles. The van der Waals surface area contributed by atoms with Crippen LogP contribution in [0.25, 0.3) is 0 Å². The molecule has 0 aliphatic carbocycles.